The summed E-state index contributed by atoms with van der Waals surface area (Å²) in [6.07, 6.45) is 1.44. The third kappa shape index (κ3) is 5.57. The largest absolute Gasteiger partial charge is 0.453 e. The van der Waals surface area contributed by atoms with Crippen LogP contribution < -0.4 is 15.6 Å². The van der Waals surface area contributed by atoms with Gasteiger partial charge in [-0.3, -0.25) is 9.59 Å². The van der Waals surface area contributed by atoms with Gasteiger partial charge in [0.2, 0.25) is 0 Å². The number of anilines is 2. The van der Waals surface area contributed by atoms with Crippen LogP contribution in [0.2, 0.25) is 0 Å². The van der Waals surface area contributed by atoms with Crippen LogP contribution in [0, 0.1) is 5.82 Å². The molecule has 4 aromatic rings. The Balaban J connectivity index is 1.42. The number of rotatable bonds is 7. The second kappa shape index (κ2) is 11.3. The monoisotopic (exact) mass is 513 g/mol. The number of halogens is 1. The number of amides is 1. The molecule has 0 saturated carbocycles. The fraction of sp³-hybridized carbons (Fsp3) is 0.207. The van der Waals surface area contributed by atoms with Crippen LogP contribution in [0.4, 0.5) is 15.8 Å². The standard InChI is InChI=1S/C29H28FN5O3/c1-2-33-16-18-34(19-17-33)28(36)21-8-12-23(13-9-21)32-27-26(38-25-6-4-3-5-7-25)20-31-35(29(27)37)24-14-10-22(30)11-15-24/h3-15,20,32H,2,16-19H2,1H3. The maximum absolute atomic E-state index is 13.5. The highest BCUT2D eigenvalue weighted by atomic mass is 19.1. The second-order valence-electron chi connectivity index (χ2n) is 8.92. The van der Waals surface area contributed by atoms with Crippen LogP contribution in [0.15, 0.2) is 89.9 Å². The predicted octanol–water partition coefficient (Wildman–Crippen LogP) is 4.69. The molecule has 0 aliphatic carbocycles. The zero-order valence-electron chi connectivity index (χ0n) is 21.0. The molecular formula is C29H28FN5O3. The molecule has 2 heterocycles. The zero-order chi connectivity index (χ0) is 26.5. The van der Waals surface area contributed by atoms with Crippen molar-refractivity contribution in [2.24, 2.45) is 0 Å². The fourth-order valence-corrected chi connectivity index (χ4v) is 4.30. The molecule has 9 heteroatoms. The van der Waals surface area contributed by atoms with Crippen molar-refractivity contribution in [3.63, 3.8) is 0 Å². The van der Waals surface area contributed by atoms with Gasteiger partial charge in [0, 0.05) is 37.4 Å². The molecule has 1 fully saturated rings. The van der Waals surface area contributed by atoms with Gasteiger partial charge in [-0.2, -0.15) is 9.78 Å². The van der Waals surface area contributed by atoms with Crippen LogP contribution in [0.5, 0.6) is 11.5 Å². The number of para-hydroxylation sites is 1. The number of nitrogens with one attached hydrogen (secondary N) is 1. The van der Waals surface area contributed by atoms with E-state index in [0.29, 0.717) is 35.8 Å². The summed E-state index contributed by atoms with van der Waals surface area (Å²) in [5.74, 6) is 0.350. The number of likely N-dealkylation sites (N-methyl/N-ethyl adjacent to an activating group) is 1. The molecule has 1 aliphatic rings. The van der Waals surface area contributed by atoms with E-state index in [-0.39, 0.29) is 17.3 Å². The molecule has 5 rings (SSSR count). The highest BCUT2D eigenvalue weighted by Gasteiger charge is 2.21. The summed E-state index contributed by atoms with van der Waals surface area (Å²) in [4.78, 5) is 30.7. The highest BCUT2D eigenvalue weighted by Crippen LogP contribution is 2.29. The van der Waals surface area contributed by atoms with E-state index in [0.717, 1.165) is 19.6 Å². The number of ether oxygens (including phenoxy) is 1. The molecule has 1 amide bonds. The molecule has 1 N–H and O–H groups in total. The Morgan fingerprint density at radius 2 is 1.63 bits per heavy atom. The minimum absolute atomic E-state index is 0.0111. The molecule has 0 unspecified atom stereocenters. The van der Waals surface area contributed by atoms with Crippen molar-refractivity contribution >= 4 is 17.3 Å². The Kier molecular flexibility index (Phi) is 7.46. The predicted molar refractivity (Wildman–Crippen MR) is 144 cm³/mol. The van der Waals surface area contributed by atoms with Gasteiger partial charge in [0.05, 0.1) is 11.9 Å². The first kappa shape index (κ1) is 25.2. The summed E-state index contributed by atoms with van der Waals surface area (Å²) in [6, 6.07) is 21.6. The highest BCUT2D eigenvalue weighted by molar-refractivity contribution is 5.94. The molecule has 0 spiro atoms. The van der Waals surface area contributed by atoms with E-state index >= 15 is 0 Å². The van der Waals surface area contributed by atoms with Crippen LogP contribution in [-0.4, -0.2) is 58.2 Å². The molecule has 38 heavy (non-hydrogen) atoms. The van der Waals surface area contributed by atoms with Crippen LogP contribution >= 0.6 is 0 Å². The van der Waals surface area contributed by atoms with Gasteiger partial charge < -0.3 is 19.9 Å². The van der Waals surface area contributed by atoms with Crippen molar-refractivity contribution < 1.29 is 13.9 Å². The number of carbonyl (C=O) groups is 1. The topological polar surface area (TPSA) is 79.7 Å². The Labute approximate surface area is 219 Å². The van der Waals surface area contributed by atoms with Gasteiger partial charge in [-0.05, 0) is 67.2 Å². The first-order valence-electron chi connectivity index (χ1n) is 12.5. The lowest BCUT2D eigenvalue weighted by atomic mass is 10.1. The van der Waals surface area contributed by atoms with Crippen LogP contribution in [-0.2, 0) is 0 Å². The van der Waals surface area contributed by atoms with E-state index < -0.39 is 11.4 Å². The lowest BCUT2D eigenvalue weighted by molar-refractivity contribution is 0.0643. The van der Waals surface area contributed by atoms with Gasteiger partial charge in [-0.15, -0.1) is 0 Å². The molecule has 194 valence electrons. The summed E-state index contributed by atoms with van der Waals surface area (Å²) in [5, 5.41) is 7.38. The normalized spacial score (nSPS) is 13.8. The number of piperazine rings is 1. The van der Waals surface area contributed by atoms with Crippen LogP contribution in [0.1, 0.15) is 17.3 Å². The van der Waals surface area contributed by atoms with E-state index in [1.807, 2.05) is 23.1 Å². The maximum atomic E-state index is 13.5. The first-order chi connectivity index (χ1) is 18.5. The molecule has 1 aliphatic heterocycles. The number of hydrogen-bond acceptors (Lipinski definition) is 6. The van der Waals surface area contributed by atoms with E-state index in [1.165, 1.54) is 35.1 Å². The number of aromatic nitrogens is 2. The van der Waals surface area contributed by atoms with Gasteiger partial charge in [0.25, 0.3) is 11.5 Å². The Bertz CT molecular complexity index is 1450. The van der Waals surface area contributed by atoms with Crippen LogP contribution in [0.3, 0.4) is 0 Å². The van der Waals surface area contributed by atoms with E-state index in [2.05, 4.69) is 22.2 Å². The molecule has 0 radical (unpaired) electrons. The SMILES string of the molecule is CCN1CCN(C(=O)c2ccc(Nc3c(Oc4ccccc4)cnn(-c4ccc(F)cc4)c3=O)cc2)CC1. The van der Waals surface area contributed by atoms with Crippen molar-refractivity contribution in [3.05, 3.63) is 107 Å². The quantitative estimate of drug-likeness (QED) is 0.387. The zero-order valence-corrected chi connectivity index (χ0v) is 21.0. The molecule has 3 aromatic carbocycles. The summed E-state index contributed by atoms with van der Waals surface area (Å²) in [6.45, 7) is 6.25. The average Bonchev–Trinajstić information content (AvgIpc) is 2.96. The summed E-state index contributed by atoms with van der Waals surface area (Å²) in [7, 11) is 0. The maximum Gasteiger partial charge on any atom is 0.299 e. The average molecular weight is 514 g/mol. The van der Waals surface area contributed by atoms with Crippen LogP contribution in [0.25, 0.3) is 5.69 Å². The van der Waals surface area contributed by atoms with Crippen molar-refractivity contribution in [3.8, 4) is 17.2 Å². The minimum Gasteiger partial charge on any atom is -0.453 e. The molecule has 1 saturated heterocycles. The van der Waals surface area contributed by atoms with Crippen molar-refractivity contribution in [2.45, 2.75) is 6.92 Å². The molecule has 0 bridgehead atoms. The summed E-state index contributed by atoms with van der Waals surface area (Å²) < 4.78 is 20.6. The third-order valence-corrected chi connectivity index (χ3v) is 6.49. The Morgan fingerprint density at radius 3 is 2.29 bits per heavy atom. The van der Waals surface area contributed by atoms with Crippen molar-refractivity contribution in [1.82, 2.24) is 19.6 Å². The fourth-order valence-electron chi connectivity index (χ4n) is 4.30. The van der Waals surface area contributed by atoms with Crippen molar-refractivity contribution in [2.75, 3.05) is 38.0 Å². The Morgan fingerprint density at radius 1 is 0.947 bits per heavy atom. The van der Waals surface area contributed by atoms with Gasteiger partial charge in [0.1, 0.15) is 11.6 Å². The van der Waals surface area contributed by atoms with E-state index in [9.17, 15) is 14.0 Å². The number of carbonyl (C=O) groups excluding carboxylic acids is 1. The lowest BCUT2D eigenvalue weighted by Gasteiger charge is -2.34. The number of hydrogen-bond donors (Lipinski definition) is 1. The molecule has 1 aromatic heterocycles. The molecule has 0 atom stereocenters. The molecular weight excluding hydrogens is 485 g/mol. The van der Waals surface area contributed by atoms with E-state index in [1.54, 1.807) is 36.4 Å². The third-order valence-electron chi connectivity index (χ3n) is 6.49. The van der Waals surface area contributed by atoms with Gasteiger partial charge in [-0.1, -0.05) is 25.1 Å². The van der Waals surface area contributed by atoms with Crippen molar-refractivity contribution in [1.29, 1.82) is 0 Å². The van der Waals surface area contributed by atoms with E-state index in [4.69, 9.17) is 4.74 Å². The first-order valence-corrected chi connectivity index (χ1v) is 12.5. The Hall–Kier alpha value is -4.50. The minimum atomic E-state index is -0.473. The summed E-state index contributed by atoms with van der Waals surface area (Å²) >= 11 is 0. The smallest absolute Gasteiger partial charge is 0.299 e. The number of nitrogens with zero attached hydrogens (tertiary/aromatic N) is 4. The summed E-state index contributed by atoms with van der Waals surface area (Å²) in [5.41, 5.74) is 1.28. The van der Waals surface area contributed by atoms with Gasteiger partial charge in [0.15, 0.2) is 11.4 Å². The molecule has 8 nitrogen and oxygen atoms in total. The van der Waals surface area contributed by atoms with Gasteiger partial charge in [-0.25, -0.2) is 4.39 Å². The second-order valence-corrected chi connectivity index (χ2v) is 8.92. The lowest BCUT2D eigenvalue weighted by Crippen LogP contribution is -2.48. The van der Waals surface area contributed by atoms with Gasteiger partial charge >= 0.3 is 0 Å². The number of benzene rings is 3.